The van der Waals surface area contributed by atoms with E-state index in [9.17, 15) is 9.59 Å². The standard InChI is InChI=1S/C19H29N5O3/c1-12-4-7-16(25)23(10-12)11-14(20)9-17(26)24-8-2-3-15(24)19-21-18(22-27-19)13-5-6-13/h12-15H,2-11,20H2,1H3/t12-,14+,15+/m1/s1. The Morgan fingerprint density at radius 3 is 2.93 bits per heavy atom. The molecule has 3 atom stereocenters. The number of likely N-dealkylation sites (tertiary alicyclic amines) is 2. The number of carbonyl (C=O) groups excluding carboxylic acids is 2. The molecule has 27 heavy (non-hydrogen) atoms. The molecule has 8 heteroatoms. The molecular formula is C19H29N5O3. The van der Waals surface area contributed by atoms with Crippen LogP contribution in [-0.4, -0.2) is 57.4 Å². The molecule has 0 aromatic carbocycles. The third kappa shape index (κ3) is 4.15. The topological polar surface area (TPSA) is 106 Å². The van der Waals surface area contributed by atoms with Crippen molar-refractivity contribution >= 4 is 11.8 Å². The van der Waals surface area contributed by atoms with Gasteiger partial charge in [-0.2, -0.15) is 4.98 Å². The summed E-state index contributed by atoms with van der Waals surface area (Å²) >= 11 is 0. The van der Waals surface area contributed by atoms with Gasteiger partial charge < -0.3 is 20.1 Å². The van der Waals surface area contributed by atoms with Gasteiger partial charge in [0.05, 0.1) is 0 Å². The smallest absolute Gasteiger partial charge is 0.249 e. The summed E-state index contributed by atoms with van der Waals surface area (Å²) in [7, 11) is 0. The van der Waals surface area contributed by atoms with E-state index in [2.05, 4.69) is 17.1 Å². The van der Waals surface area contributed by atoms with Crippen LogP contribution in [0.3, 0.4) is 0 Å². The SMILES string of the molecule is C[C@@H]1CCC(=O)N(C[C@@H](N)CC(=O)N2CCC[C@H]2c2nc(C3CC3)no2)C1. The average Bonchev–Trinajstić information content (AvgIpc) is 3.17. The molecule has 0 unspecified atom stereocenters. The van der Waals surface area contributed by atoms with E-state index in [0.29, 0.717) is 37.2 Å². The van der Waals surface area contributed by atoms with Crippen LogP contribution in [0.5, 0.6) is 0 Å². The van der Waals surface area contributed by atoms with Crippen molar-refractivity contribution in [3.05, 3.63) is 11.7 Å². The number of amides is 2. The molecule has 8 nitrogen and oxygen atoms in total. The lowest BCUT2D eigenvalue weighted by Gasteiger charge is -2.33. The van der Waals surface area contributed by atoms with E-state index in [0.717, 1.165) is 44.5 Å². The second-order valence-electron chi connectivity index (χ2n) is 8.42. The fourth-order valence-corrected chi connectivity index (χ4v) is 4.17. The number of nitrogens with two attached hydrogens (primary N) is 1. The maximum Gasteiger partial charge on any atom is 0.249 e. The molecule has 2 aliphatic heterocycles. The van der Waals surface area contributed by atoms with E-state index in [1.165, 1.54) is 0 Å². The van der Waals surface area contributed by atoms with Crippen molar-refractivity contribution in [2.45, 2.75) is 69.9 Å². The number of hydrogen-bond donors (Lipinski definition) is 1. The largest absolute Gasteiger partial charge is 0.341 e. The molecule has 3 heterocycles. The number of rotatable bonds is 6. The Balaban J connectivity index is 1.34. The molecule has 1 aromatic heterocycles. The first-order valence-electron chi connectivity index (χ1n) is 10.2. The van der Waals surface area contributed by atoms with E-state index < -0.39 is 0 Å². The van der Waals surface area contributed by atoms with Crippen molar-refractivity contribution in [3.63, 3.8) is 0 Å². The highest BCUT2D eigenvalue weighted by molar-refractivity contribution is 5.78. The van der Waals surface area contributed by atoms with Gasteiger partial charge in [-0.25, -0.2) is 0 Å². The summed E-state index contributed by atoms with van der Waals surface area (Å²) in [6, 6.07) is -0.487. The van der Waals surface area contributed by atoms with E-state index >= 15 is 0 Å². The van der Waals surface area contributed by atoms with Gasteiger partial charge in [0.2, 0.25) is 17.7 Å². The van der Waals surface area contributed by atoms with Gasteiger partial charge in [-0.1, -0.05) is 12.1 Å². The van der Waals surface area contributed by atoms with Gasteiger partial charge in [0.25, 0.3) is 0 Å². The van der Waals surface area contributed by atoms with Crippen LogP contribution < -0.4 is 5.73 Å². The molecule has 1 aliphatic carbocycles. The lowest BCUT2D eigenvalue weighted by Crippen LogP contribution is -2.47. The first-order chi connectivity index (χ1) is 13.0. The molecular weight excluding hydrogens is 346 g/mol. The van der Waals surface area contributed by atoms with Gasteiger partial charge in [-0.3, -0.25) is 9.59 Å². The summed E-state index contributed by atoms with van der Waals surface area (Å²) in [6.45, 7) is 4.01. The van der Waals surface area contributed by atoms with Gasteiger partial charge in [0, 0.05) is 44.4 Å². The van der Waals surface area contributed by atoms with Crippen LogP contribution in [0.15, 0.2) is 4.52 Å². The van der Waals surface area contributed by atoms with Gasteiger partial charge >= 0.3 is 0 Å². The summed E-state index contributed by atoms with van der Waals surface area (Å²) in [5, 5.41) is 4.08. The summed E-state index contributed by atoms with van der Waals surface area (Å²) in [6.07, 6.45) is 5.76. The summed E-state index contributed by atoms with van der Waals surface area (Å²) in [5.41, 5.74) is 6.22. The molecule has 0 radical (unpaired) electrons. The number of piperidine rings is 1. The number of nitrogens with zero attached hydrogens (tertiary/aromatic N) is 4. The summed E-state index contributed by atoms with van der Waals surface area (Å²) < 4.78 is 5.44. The first-order valence-corrected chi connectivity index (χ1v) is 10.2. The highest BCUT2D eigenvalue weighted by atomic mass is 16.5. The minimum Gasteiger partial charge on any atom is -0.341 e. The Labute approximate surface area is 159 Å². The zero-order valence-electron chi connectivity index (χ0n) is 16.0. The third-order valence-corrected chi connectivity index (χ3v) is 5.89. The van der Waals surface area contributed by atoms with Crippen LogP contribution in [0.2, 0.25) is 0 Å². The van der Waals surface area contributed by atoms with Crippen LogP contribution in [0.4, 0.5) is 0 Å². The fraction of sp³-hybridized carbons (Fsp3) is 0.789. The lowest BCUT2D eigenvalue weighted by atomic mass is 9.99. The minimum absolute atomic E-state index is 0.00804. The number of aromatic nitrogens is 2. The molecule has 3 aliphatic rings. The maximum atomic E-state index is 12.8. The van der Waals surface area contributed by atoms with Crippen LogP contribution in [0, 0.1) is 5.92 Å². The molecule has 4 rings (SSSR count). The van der Waals surface area contributed by atoms with Crippen LogP contribution in [0.25, 0.3) is 0 Å². The quantitative estimate of drug-likeness (QED) is 0.809. The predicted molar refractivity (Wildman–Crippen MR) is 97.5 cm³/mol. The molecule has 3 fully saturated rings. The normalized spacial score (nSPS) is 27.3. The zero-order valence-corrected chi connectivity index (χ0v) is 16.0. The summed E-state index contributed by atoms with van der Waals surface area (Å²) in [5.74, 6) is 2.41. The van der Waals surface area contributed by atoms with Gasteiger partial charge in [-0.05, 0) is 38.0 Å². The van der Waals surface area contributed by atoms with Crippen LogP contribution >= 0.6 is 0 Å². The number of carbonyl (C=O) groups is 2. The second kappa shape index (κ2) is 7.58. The van der Waals surface area contributed by atoms with Crippen molar-refractivity contribution in [3.8, 4) is 0 Å². The predicted octanol–water partition coefficient (Wildman–Crippen LogP) is 1.59. The third-order valence-electron chi connectivity index (χ3n) is 5.89. The monoisotopic (exact) mass is 375 g/mol. The van der Waals surface area contributed by atoms with E-state index in [-0.39, 0.29) is 30.3 Å². The van der Waals surface area contributed by atoms with E-state index in [1.54, 1.807) is 0 Å². The highest BCUT2D eigenvalue weighted by Gasteiger charge is 2.37. The van der Waals surface area contributed by atoms with Crippen molar-refractivity contribution in [2.75, 3.05) is 19.6 Å². The molecule has 0 bridgehead atoms. The maximum absolute atomic E-state index is 12.8. The molecule has 2 N–H and O–H groups in total. The fourth-order valence-electron chi connectivity index (χ4n) is 4.17. The zero-order chi connectivity index (χ0) is 19.0. The molecule has 1 saturated carbocycles. The van der Waals surface area contributed by atoms with Crippen molar-refractivity contribution < 1.29 is 14.1 Å². The molecule has 148 valence electrons. The average molecular weight is 375 g/mol. The van der Waals surface area contributed by atoms with E-state index in [1.807, 2.05) is 9.80 Å². The Morgan fingerprint density at radius 2 is 2.15 bits per heavy atom. The van der Waals surface area contributed by atoms with Gasteiger partial charge in [0.1, 0.15) is 6.04 Å². The van der Waals surface area contributed by atoms with Crippen molar-refractivity contribution in [1.29, 1.82) is 0 Å². The lowest BCUT2D eigenvalue weighted by molar-refractivity contribution is -0.137. The van der Waals surface area contributed by atoms with Gasteiger partial charge in [0.15, 0.2) is 5.82 Å². The van der Waals surface area contributed by atoms with E-state index in [4.69, 9.17) is 10.3 Å². The molecule has 1 aromatic rings. The van der Waals surface area contributed by atoms with Crippen LogP contribution in [0.1, 0.15) is 75.5 Å². The minimum atomic E-state index is -0.349. The molecule has 0 spiro atoms. The molecule has 2 amide bonds. The second-order valence-corrected chi connectivity index (χ2v) is 8.42. The Hall–Kier alpha value is -1.96. The van der Waals surface area contributed by atoms with Crippen LogP contribution in [-0.2, 0) is 9.59 Å². The molecule has 2 saturated heterocycles. The Morgan fingerprint density at radius 1 is 1.33 bits per heavy atom. The van der Waals surface area contributed by atoms with Crippen molar-refractivity contribution in [2.24, 2.45) is 11.7 Å². The highest BCUT2D eigenvalue weighted by Crippen LogP contribution is 2.39. The van der Waals surface area contributed by atoms with Gasteiger partial charge in [-0.15, -0.1) is 0 Å². The first kappa shape index (κ1) is 18.4. The number of hydrogen-bond acceptors (Lipinski definition) is 6. The Bertz CT molecular complexity index is 701. The summed E-state index contributed by atoms with van der Waals surface area (Å²) in [4.78, 5) is 33.1. The Kier molecular flexibility index (Phi) is 5.16. The van der Waals surface area contributed by atoms with Crippen molar-refractivity contribution in [1.82, 2.24) is 19.9 Å².